The van der Waals surface area contributed by atoms with Crippen molar-refractivity contribution in [3.63, 3.8) is 0 Å². The zero-order valence-electron chi connectivity index (χ0n) is 11.3. The van der Waals surface area contributed by atoms with Gasteiger partial charge in [0.15, 0.2) is 5.03 Å². The molecule has 2 fully saturated rings. The largest absolute Gasteiger partial charge is 0.334 e. The van der Waals surface area contributed by atoms with Crippen LogP contribution in [0.2, 0.25) is 0 Å². The highest BCUT2D eigenvalue weighted by Gasteiger charge is 2.54. The van der Waals surface area contributed by atoms with Crippen LogP contribution in [0.1, 0.15) is 25.6 Å². The maximum Gasteiger partial charge on any atom is 0.262 e. The Morgan fingerprint density at radius 3 is 2.58 bits per heavy atom. The van der Waals surface area contributed by atoms with Crippen molar-refractivity contribution >= 4 is 10.0 Å². The second kappa shape index (κ2) is 4.04. The van der Waals surface area contributed by atoms with Gasteiger partial charge in [-0.1, -0.05) is 0 Å². The molecule has 2 aliphatic rings. The summed E-state index contributed by atoms with van der Waals surface area (Å²) >= 11 is 0. The van der Waals surface area contributed by atoms with Gasteiger partial charge in [-0.25, -0.2) is 13.4 Å². The van der Waals surface area contributed by atoms with Crippen molar-refractivity contribution in [3.05, 3.63) is 12.0 Å². The standard InChI is InChI=1S/C12H20N4O2S/c1-3-15-6-11(14-9(15)2)19(17,18)16-7-12(13,8-16)10-4-5-10/h6,10H,3-5,7-8,13H2,1-2H3. The summed E-state index contributed by atoms with van der Waals surface area (Å²) in [4.78, 5) is 4.16. The molecule has 0 amide bonds. The van der Waals surface area contributed by atoms with Crippen molar-refractivity contribution in [2.24, 2.45) is 11.7 Å². The minimum absolute atomic E-state index is 0.143. The second-order valence-electron chi connectivity index (χ2n) is 5.69. The lowest BCUT2D eigenvalue weighted by Gasteiger charge is -2.46. The molecule has 0 unspecified atom stereocenters. The van der Waals surface area contributed by atoms with Crippen LogP contribution >= 0.6 is 0 Å². The minimum atomic E-state index is -3.47. The minimum Gasteiger partial charge on any atom is -0.334 e. The van der Waals surface area contributed by atoms with Crippen LogP contribution in [0.5, 0.6) is 0 Å². The van der Waals surface area contributed by atoms with Crippen LogP contribution in [0.25, 0.3) is 0 Å². The average molecular weight is 284 g/mol. The number of imidazole rings is 1. The summed E-state index contributed by atoms with van der Waals surface area (Å²) < 4.78 is 28.1. The molecule has 0 bridgehead atoms. The molecule has 1 saturated heterocycles. The van der Waals surface area contributed by atoms with Gasteiger partial charge in [-0.15, -0.1) is 0 Å². The molecular formula is C12H20N4O2S. The highest BCUT2D eigenvalue weighted by Crippen LogP contribution is 2.44. The lowest BCUT2D eigenvalue weighted by Crippen LogP contribution is -2.69. The number of nitrogens with two attached hydrogens (primary N) is 1. The lowest BCUT2D eigenvalue weighted by molar-refractivity contribution is 0.135. The topological polar surface area (TPSA) is 81.2 Å². The van der Waals surface area contributed by atoms with Gasteiger partial charge in [0.25, 0.3) is 10.0 Å². The van der Waals surface area contributed by atoms with Crippen LogP contribution in [-0.4, -0.2) is 40.9 Å². The van der Waals surface area contributed by atoms with Gasteiger partial charge in [-0.2, -0.15) is 4.31 Å². The first-order valence-corrected chi connectivity index (χ1v) is 8.13. The van der Waals surface area contributed by atoms with E-state index >= 15 is 0 Å². The summed E-state index contributed by atoms with van der Waals surface area (Å²) in [6, 6.07) is 0. The van der Waals surface area contributed by atoms with Crippen LogP contribution in [0, 0.1) is 12.8 Å². The first-order valence-electron chi connectivity index (χ1n) is 6.69. The fraction of sp³-hybridized carbons (Fsp3) is 0.750. The van der Waals surface area contributed by atoms with Gasteiger partial charge in [0.2, 0.25) is 0 Å². The monoisotopic (exact) mass is 284 g/mol. The van der Waals surface area contributed by atoms with Crippen LogP contribution in [0.15, 0.2) is 11.2 Å². The molecule has 0 atom stereocenters. The van der Waals surface area contributed by atoms with E-state index in [2.05, 4.69) is 4.98 Å². The van der Waals surface area contributed by atoms with Gasteiger partial charge in [0.05, 0.1) is 0 Å². The SMILES string of the molecule is CCn1cc(S(=O)(=O)N2CC(N)(C3CC3)C2)nc1C. The fourth-order valence-electron chi connectivity index (χ4n) is 2.75. The predicted molar refractivity (Wildman–Crippen MR) is 71.0 cm³/mol. The Labute approximate surface area is 113 Å². The van der Waals surface area contributed by atoms with Crippen molar-refractivity contribution in [1.29, 1.82) is 0 Å². The Hall–Kier alpha value is -0.920. The number of aryl methyl sites for hydroxylation is 2. The molecule has 0 radical (unpaired) electrons. The predicted octanol–water partition coefficient (Wildman–Crippen LogP) is 0.323. The molecule has 1 aliphatic heterocycles. The van der Waals surface area contributed by atoms with Crippen LogP contribution in [-0.2, 0) is 16.6 Å². The highest BCUT2D eigenvalue weighted by molar-refractivity contribution is 7.89. The molecule has 106 valence electrons. The molecule has 1 aliphatic carbocycles. The summed E-state index contributed by atoms with van der Waals surface area (Å²) in [6.45, 7) is 5.36. The van der Waals surface area contributed by atoms with E-state index in [1.54, 1.807) is 6.20 Å². The zero-order valence-corrected chi connectivity index (χ0v) is 12.2. The molecule has 0 aromatic carbocycles. The van der Waals surface area contributed by atoms with Crippen LogP contribution in [0.3, 0.4) is 0 Å². The number of rotatable bonds is 4. The Morgan fingerprint density at radius 1 is 1.47 bits per heavy atom. The maximum atomic E-state index is 12.4. The van der Waals surface area contributed by atoms with Gasteiger partial charge in [-0.05, 0) is 32.6 Å². The third kappa shape index (κ3) is 2.00. The fourth-order valence-corrected chi connectivity index (χ4v) is 4.35. The van der Waals surface area contributed by atoms with Gasteiger partial charge in [0, 0.05) is 31.4 Å². The van der Waals surface area contributed by atoms with Crippen molar-refractivity contribution in [2.45, 2.75) is 43.8 Å². The van der Waals surface area contributed by atoms with E-state index in [9.17, 15) is 8.42 Å². The first kappa shape index (κ1) is 13.1. The molecule has 2 heterocycles. The second-order valence-corrected chi connectivity index (χ2v) is 7.58. The third-order valence-corrected chi connectivity index (χ3v) is 5.89. The van der Waals surface area contributed by atoms with E-state index < -0.39 is 10.0 Å². The molecule has 1 aromatic rings. The van der Waals surface area contributed by atoms with Crippen molar-refractivity contribution in [2.75, 3.05) is 13.1 Å². The lowest BCUT2D eigenvalue weighted by atomic mass is 9.88. The molecule has 6 nitrogen and oxygen atoms in total. The number of aromatic nitrogens is 2. The molecule has 1 aromatic heterocycles. The van der Waals surface area contributed by atoms with Crippen LogP contribution in [0.4, 0.5) is 0 Å². The Bertz CT molecular complexity index is 597. The van der Waals surface area contributed by atoms with Gasteiger partial charge >= 0.3 is 0 Å². The highest BCUT2D eigenvalue weighted by atomic mass is 32.2. The molecular weight excluding hydrogens is 264 g/mol. The number of sulfonamides is 1. The zero-order chi connectivity index (χ0) is 13.8. The van der Waals surface area contributed by atoms with Crippen molar-refractivity contribution < 1.29 is 8.42 Å². The first-order chi connectivity index (χ1) is 8.87. The smallest absolute Gasteiger partial charge is 0.262 e. The summed E-state index contributed by atoms with van der Waals surface area (Å²) in [7, 11) is -3.47. The number of nitrogens with zero attached hydrogens (tertiary/aromatic N) is 3. The Balaban J connectivity index is 1.80. The van der Waals surface area contributed by atoms with Gasteiger partial charge < -0.3 is 10.3 Å². The van der Waals surface area contributed by atoms with E-state index in [-0.39, 0.29) is 10.6 Å². The van der Waals surface area contributed by atoms with Crippen molar-refractivity contribution in [3.8, 4) is 0 Å². The average Bonchev–Trinajstić information content (AvgIpc) is 3.08. The van der Waals surface area contributed by atoms with Crippen molar-refractivity contribution in [1.82, 2.24) is 13.9 Å². The maximum absolute atomic E-state index is 12.4. The van der Waals surface area contributed by atoms with E-state index in [0.29, 0.717) is 19.0 Å². The summed E-state index contributed by atoms with van der Waals surface area (Å²) in [5.74, 6) is 1.23. The van der Waals surface area contributed by atoms with Crippen LogP contribution < -0.4 is 5.73 Å². The summed E-state index contributed by atoms with van der Waals surface area (Å²) in [6.07, 6.45) is 3.88. The summed E-state index contributed by atoms with van der Waals surface area (Å²) in [5.41, 5.74) is 5.91. The quantitative estimate of drug-likeness (QED) is 0.863. The van der Waals surface area contributed by atoms with Gasteiger partial charge in [0.1, 0.15) is 5.82 Å². The summed E-state index contributed by atoms with van der Waals surface area (Å²) in [5, 5.41) is 0.143. The Kier molecular flexibility index (Phi) is 2.78. The molecule has 3 rings (SSSR count). The molecule has 7 heteroatoms. The molecule has 2 N–H and O–H groups in total. The van der Waals surface area contributed by atoms with E-state index in [4.69, 9.17) is 5.73 Å². The molecule has 19 heavy (non-hydrogen) atoms. The Morgan fingerprint density at radius 2 is 2.11 bits per heavy atom. The normalized spacial score (nSPS) is 23.3. The van der Waals surface area contributed by atoms with E-state index in [1.807, 2.05) is 18.4 Å². The number of hydrogen-bond donors (Lipinski definition) is 1. The van der Waals surface area contributed by atoms with Gasteiger partial charge in [-0.3, -0.25) is 0 Å². The van der Waals surface area contributed by atoms with E-state index in [1.165, 1.54) is 4.31 Å². The molecule has 1 saturated carbocycles. The molecule has 0 spiro atoms. The number of hydrogen-bond acceptors (Lipinski definition) is 4. The van der Waals surface area contributed by atoms with E-state index in [0.717, 1.165) is 25.2 Å². The third-order valence-electron chi connectivity index (χ3n) is 4.23.